The van der Waals surface area contributed by atoms with E-state index in [1.165, 1.54) is 18.4 Å². The van der Waals surface area contributed by atoms with Gasteiger partial charge in [0.25, 0.3) is 0 Å². The number of carbonyl (C=O) groups excluding carboxylic acids is 2. The molecule has 0 saturated heterocycles. The molecule has 0 amide bonds. The highest BCUT2D eigenvalue weighted by molar-refractivity contribution is 9.12. The molecule has 1 aromatic rings. The van der Waals surface area contributed by atoms with Gasteiger partial charge in [-0.25, -0.2) is 8.42 Å². The van der Waals surface area contributed by atoms with Crippen molar-refractivity contribution in [3.63, 3.8) is 0 Å². The molecule has 106 valence electrons. The van der Waals surface area contributed by atoms with E-state index in [-0.39, 0.29) is 6.42 Å². The fraction of sp³-hybridized carbons (Fsp3) is 0.400. The number of ketones is 1. The molecule has 0 fully saturated rings. The minimum absolute atomic E-state index is 0.249. The van der Waals surface area contributed by atoms with Crippen LogP contribution in [0.1, 0.15) is 16.8 Å². The molecule has 1 aromatic heterocycles. The number of sulfone groups is 1. The average Bonchev–Trinajstić information content (AvgIpc) is 2.65. The minimum atomic E-state index is -3.62. The molecule has 9 heteroatoms. The first-order valence-electron chi connectivity index (χ1n) is 5.00. The number of hydrogen-bond donors (Lipinski definition) is 0. The predicted octanol–water partition coefficient (Wildman–Crippen LogP) is 2.43. The molecule has 0 spiro atoms. The summed E-state index contributed by atoms with van der Waals surface area (Å²) in [6.45, 7) is 0. The van der Waals surface area contributed by atoms with Crippen LogP contribution in [0.5, 0.6) is 0 Å². The van der Waals surface area contributed by atoms with E-state index in [4.69, 9.17) is 0 Å². The molecule has 0 atom stereocenters. The van der Waals surface area contributed by atoms with Crippen molar-refractivity contribution in [3.8, 4) is 0 Å². The van der Waals surface area contributed by atoms with Crippen molar-refractivity contribution < 1.29 is 22.7 Å². The summed E-state index contributed by atoms with van der Waals surface area (Å²) in [6.07, 6.45) is -0.249. The molecular weight excluding hydrogens is 424 g/mol. The van der Waals surface area contributed by atoms with Crippen LogP contribution in [-0.2, 0) is 19.4 Å². The molecule has 1 rings (SSSR count). The lowest BCUT2D eigenvalue weighted by Gasteiger charge is -2.02. The van der Waals surface area contributed by atoms with Crippen LogP contribution in [0.15, 0.2) is 13.6 Å². The predicted molar refractivity (Wildman–Crippen MR) is 79.3 cm³/mol. The Labute approximate surface area is 131 Å². The number of Topliss-reactive ketones (excluding diaryl/α,β-unsaturated/α-hetero) is 1. The fourth-order valence-corrected chi connectivity index (χ4v) is 5.25. The second kappa shape index (κ2) is 6.96. The molecular formula is C10H10Br2O5S2. The number of ether oxygens (including phenoxy) is 1. The van der Waals surface area contributed by atoms with Crippen molar-refractivity contribution >= 4 is 64.8 Å². The molecule has 0 saturated carbocycles. The van der Waals surface area contributed by atoms with Crippen LogP contribution in [0, 0.1) is 0 Å². The van der Waals surface area contributed by atoms with Crippen molar-refractivity contribution in [2.75, 3.05) is 18.6 Å². The average molecular weight is 434 g/mol. The van der Waals surface area contributed by atoms with Crippen LogP contribution >= 0.6 is 43.2 Å². The van der Waals surface area contributed by atoms with E-state index < -0.39 is 33.1 Å². The molecule has 1 heterocycles. The summed E-state index contributed by atoms with van der Waals surface area (Å²) in [5.74, 6) is -2.13. The van der Waals surface area contributed by atoms with Gasteiger partial charge in [-0.15, -0.1) is 11.3 Å². The summed E-state index contributed by atoms with van der Waals surface area (Å²) >= 11 is 7.70. The maximum atomic E-state index is 11.9. The quantitative estimate of drug-likeness (QED) is 0.508. The summed E-state index contributed by atoms with van der Waals surface area (Å²) in [7, 11) is -2.44. The van der Waals surface area contributed by atoms with E-state index in [2.05, 4.69) is 36.6 Å². The summed E-state index contributed by atoms with van der Waals surface area (Å²) < 4.78 is 29.1. The molecule has 0 unspecified atom stereocenters. The Bertz CT molecular complexity index is 591. The first-order chi connectivity index (χ1) is 8.75. The Balaban J connectivity index is 2.71. The van der Waals surface area contributed by atoms with Gasteiger partial charge in [0, 0.05) is 5.56 Å². The van der Waals surface area contributed by atoms with Gasteiger partial charge in [-0.3, -0.25) is 9.59 Å². The third-order valence-electron chi connectivity index (χ3n) is 2.15. The number of carbonyl (C=O) groups is 2. The number of rotatable bonds is 6. The van der Waals surface area contributed by atoms with Crippen molar-refractivity contribution in [1.29, 1.82) is 0 Å². The first-order valence-corrected chi connectivity index (χ1v) is 9.23. The van der Waals surface area contributed by atoms with Crippen molar-refractivity contribution in [1.82, 2.24) is 0 Å². The summed E-state index contributed by atoms with van der Waals surface area (Å²) in [5.41, 5.74) is 0.318. The Morgan fingerprint density at radius 1 is 1.37 bits per heavy atom. The van der Waals surface area contributed by atoms with E-state index >= 15 is 0 Å². The smallest absolute Gasteiger partial charge is 0.306 e. The minimum Gasteiger partial charge on any atom is -0.469 e. The molecule has 0 aromatic carbocycles. The fourth-order valence-electron chi connectivity index (χ4n) is 1.22. The third-order valence-corrected chi connectivity index (χ3v) is 6.02. The highest BCUT2D eigenvalue weighted by Gasteiger charge is 2.22. The van der Waals surface area contributed by atoms with E-state index in [9.17, 15) is 18.0 Å². The number of methoxy groups -OCH3 is 1. The Morgan fingerprint density at radius 3 is 2.47 bits per heavy atom. The van der Waals surface area contributed by atoms with Crippen molar-refractivity contribution in [3.05, 3.63) is 19.2 Å². The zero-order valence-electron chi connectivity index (χ0n) is 9.81. The van der Waals surface area contributed by atoms with E-state index in [1.807, 2.05) is 0 Å². The maximum Gasteiger partial charge on any atom is 0.306 e. The molecule has 0 aliphatic heterocycles. The first kappa shape index (κ1) is 16.8. The van der Waals surface area contributed by atoms with Gasteiger partial charge in [0.05, 0.1) is 26.9 Å². The Morgan fingerprint density at radius 2 is 2.00 bits per heavy atom. The molecule has 0 aliphatic carbocycles. The molecule has 0 aliphatic rings. The molecule has 0 bridgehead atoms. The highest BCUT2D eigenvalue weighted by Crippen LogP contribution is 2.32. The lowest BCUT2D eigenvalue weighted by Crippen LogP contribution is -2.21. The van der Waals surface area contributed by atoms with Gasteiger partial charge in [-0.05, 0) is 37.9 Å². The van der Waals surface area contributed by atoms with E-state index in [1.54, 1.807) is 6.07 Å². The van der Waals surface area contributed by atoms with Gasteiger partial charge in [0.2, 0.25) is 0 Å². The van der Waals surface area contributed by atoms with Gasteiger partial charge in [-0.2, -0.15) is 0 Å². The van der Waals surface area contributed by atoms with Crippen LogP contribution in [-0.4, -0.2) is 38.8 Å². The number of hydrogen-bond acceptors (Lipinski definition) is 6. The molecule has 19 heavy (non-hydrogen) atoms. The van der Waals surface area contributed by atoms with Crippen molar-refractivity contribution in [2.45, 2.75) is 6.42 Å². The van der Waals surface area contributed by atoms with Gasteiger partial charge in [-0.1, -0.05) is 0 Å². The topological polar surface area (TPSA) is 77.5 Å². The number of halogens is 2. The van der Waals surface area contributed by atoms with E-state index in [0.717, 1.165) is 3.79 Å². The molecule has 5 nitrogen and oxygen atoms in total. The van der Waals surface area contributed by atoms with Gasteiger partial charge >= 0.3 is 5.97 Å². The van der Waals surface area contributed by atoms with Crippen molar-refractivity contribution in [2.24, 2.45) is 0 Å². The third kappa shape index (κ3) is 5.33. The van der Waals surface area contributed by atoms with Crippen LogP contribution in [0.3, 0.4) is 0 Å². The SMILES string of the molecule is COC(=O)CCS(=O)(=O)CC(=O)c1cc(Br)sc1Br. The highest BCUT2D eigenvalue weighted by atomic mass is 79.9. The maximum absolute atomic E-state index is 11.9. The van der Waals surface area contributed by atoms with Gasteiger partial charge in [0.1, 0.15) is 5.75 Å². The van der Waals surface area contributed by atoms with Crippen LogP contribution in [0.2, 0.25) is 0 Å². The van der Waals surface area contributed by atoms with Crippen LogP contribution in [0.4, 0.5) is 0 Å². The van der Waals surface area contributed by atoms with Gasteiger partial charge in [0.15, 0.2) is 15.6 Å². The van der Waals surface area contributed by atoms with Gasteiger partial charge < -0.3 is 4.74 Å². The lowest BCUT2D eigenvalue weighted by atomic mass is 10.2. The van der Waals surface area contributed by atoms with Crippen LogP contribution < -0.4 is 0 Å². The second-order valence-corrected chi connectivity index (χ2v) is 9.51. The number of esters is 1. The monoisotopic (exact) mass is 432 g/mol. The summed E-state index contributed by atoms with van der Waals surface area (Å²) in [4.78, 5) is 22.8. The standard InChI is InChI=1S/C10H10Br2O5S2/c1-17-9(14)2-3-19(15,16)5-7(13)6-4-8(11)18-10(6)12/h4H,2-3,5H2,1H3. The second-order valence-electron chi connectivity index (χ2n) is 3.58. The zero-order chi connectivity index (χ0) is 14.6. The lowest BCUT2D eigenvalue weighted by molar-refractivity contribution is -0.140. The zero-order valence-corrected chi connectivity index (χ0v) is 14.6. The summed E-state index contributed by atoms with van der Waals surface area (Å²) in [5, 5.41) is 0. The Hall–Kier alpha value is -0.250. The summed E-state index contributed by atoms with van der Waals surface area (Å²) in [6, 6.07) is 1.56. The van der Waals surface area contributed by atoms with Crippen LogP contribution in [0.25, 0.3) is 0 Å². The normalized spacial score (nSPS) is 11.3. The molecule has 0 N–H and O–H groups in total. The number of thiophene rings is 1. The largest absolute Gasteiger partial charge is 0.469 e. The molecule has 0 radical (unpaired) electrons. The Kier molecular flexibility index (Phi) is 6.15. The van der Waals surface area contributed by atoms with E-state index in [0.29, 0.717) is 9.35 Å².